The first-order valence-corrected chi connectivity index (χ1v) is 6.30. The van der Waals surface area contributed by atoms with Gasteiger partial charge in [0.05, 0.1) is 6.10 Å². The molecule has 0 spiro atoms. The van der Waals surface area contributed by atoms with Crippen LogP contribution >= 0.6 is 11.6 Å². The zero-order chi connectivity index (χ0) is 12.3. The average Bonchev–Trinajstić information content (AvgIpc) is 2.76. The number of hydrogen-bond acceptors (Lipinski definition) is 3. The normalized spacial score (nSPS) is 20.1. The van der Waals surface area contributed by atoms with Gasteiger partial charge in [0.25, 0.3) is 0 Å². The molecule has 1 aromatic rings. The molecule has 1 aliphatic rings. The van der Waals surface area contributed by atoms with E-state index in [9.17, 15) is 5.11 Å². The molecule has 0 radical (unpaired) electrons. The summed E-state index contributed by atoms with van der Waals surface area (Å²) in [6, 6.07) is 5.14. The van der Waals surface area contributed by atoms with Crippen molar-refractivity contribution < 1.29 is 9.84 Å². The predicted octanol–water partition coefficient (Wildman–Crippen LogP) is 2.66. The number of aromatic hydroxyl groups is 1. The number of benzene rings is 1. The highest BCUT2D eigenvalue weighted by Gasteiger charge is 2.17. The lowest BCUT2D eigenvalue weighted by molar-refractivity contribution is 0.0791. The second-order valence-electron chi connectivity index (χ2n) is 4.60. The van der Waals surface area contributed by atoms with E-state index in [-0.39, 0.29) is 0 Å². The standard InChI is InChI=1S/C13H18ClNO2/c1-15(9-12-3-2-6-17-12)8-10-7-11(14)4-5-13(10)16/h4-5,7,12,16H,2-3,6,8-9H2,1H3. The number of rotatable bonds is 4. The maximum Gasteiger partial charge on any atom is 0.120 e. The molecule has 1 N–H and O–H groups in total. The summed E-state index contributed by atoms with van der Waals surface area (Å²) in [6.45, 7) is 2.46. The third kappa shape index (κ3) is 3.60. The second-order valence-corrected chi connectivity index (χ2v) is 5.04. The van der Waals surface area contributed by atoms with Crippen molar-refractivity contribution in [1.29, 1.82) is 0 Å². The monoisotopic (exact) mass is 255 g/mol. The highest BCUT2D eigenvalue weighted by atomic mass is 35.5. The molecule has 1 aromatic carbocycles. The third-order valence-corrected chi connectivity index (χ3v) is 3.26. The van der Waals surface area contributed by atoms with Crippen molar-refractivity contribution in [2.24, 2.45) is 0 Å². The highest BCUT2D eigenvalue weighted by molar-refractivity contribution is 6.30. The number of hydrogen-bond donors (Lipinski definition) is 1. The van der Waals surface area contributed by atoms with Crippen LogP contribution < -0.4 is 0 Å². The van der Waals surface area contributed by atoms with Crippen LogP contribution in [0.25, 0.3) is 0 Å². The smallest absolute Gasteiger partial charge is 0.120 e. The number of phenols is 1. The van der Waals surface area contributed by atoms with Crippen molar-refractivity contribution in [2.75, 3.05) is 20.2 Å². The van der Waals surface area contributed by atoms with Crippen LogP contribution in [0.3, 0.4) is 0 Å². The Morgan fingerprint density at radius 3 is 3.06 bits per heavy atom. The number of phenolic OH excluding ortho intramolecular Hbond substituents is 1. The van der Waals surface area contributed by atoms with Gasteiger partial charge in [0.1, 0.15) is 5.75 Å². The first kappa shape index (κ1) is 12.7. The molecule has 4 heteroatoms. The quantitative estimate of drug-likeness (QED) is 0.898. The average molecular weight is 256 g/mol. The Hall–Kier alpha value is -0.770. The largest absolute Gasteiger partial charge is 0.508 e. The van der Waals surface area contributed by atoms with Crippen molar-refractivity contribution in [3.8, 4) is 5.75 Å². The van der Waals surface area contributed by atoms with Crippen LogP contribution in [-0.4, -0.2) is 36.3 Å². The molecule has 1 unspecified atom stereocenters. The van der Waals surface area contributed by atoms with Gasteiger partial charge >= 0.3 is 0 Å². The van der Waals surface area contributed by atoms with Crippen molar-refractivity contribution in [2.45, 2.75) is 25.5 Å². The molecule has 1 atom stereocenters. The summed E-state index contributed by atoms with van der Waals surface area (Å²) in [6.07, 6.45) is 2.62. The summed E-state index contributed by atoms with van der Waals surface area (Å²) in [4.78, 5) is 2.15. The van der Waals surface area contributed by atoms with Crippen molar-refractivity contribution in [3.05, 3.63) is 28.8 Å². The highest BCUT2D eigenvalue weighted by Crippen LogP contribution is 2.23. The van der Waals surface area contributed by atoms with Crippen LogP contribution in [0.15, 0.2) is 18.2 Å². The summed E-state index contributed by atoms with van der Waals surface area (Å²) in [7, 11) is 2.03. The van der Waals surface area contributed by atoms with Gasteiger partial charge in [0.2, 0.25) is 0 Å². The van der Waals surface area contributed by atoms with Crippen molar-refractivity contribution in [1.82, 2.24) is 4.90 Å². The maximum atomic E-state index is 9.73. The summed E-state index contributed by atoms with van der Waals surface area (Å²) in [5.74, 6) is 0.300. The molecule has 0 aromatic heterocycles. The summed E-state index contributed by atoms with van der Waals surface area (Å²) >= 11 is 5.92. The van der Waals surface area contributed by atoms with Gasteiger partial charge < -0.3 is 9.84 Å². The molecule has 17 heavy (non-hydrogen) atoms. The van der Waals surface area contributed by atoms with E-state index >= 15 is 0 Å². The molecule has 0 saturated carbocycles. The van der Waals surface area contributed by atoms with Crippen LogP contribution in [0.4, 0.5) is 0 Å². The number of likely N-dealkylation sites (N-methyl/N-ethyl adjacent to an activating group) is 1. The van der Waals surface area contributed by atoms with E-state index < -0.39 is 0 Å². The lowest BCUT2D eigenvalue weighted by Crippen LogP contribution is -2.28. The lowest BCUT2D eigenvalue weighted by atomic mass is 10.1. The molecule has 1 heterocycles. The van der Waals surface area contributed by atoms with E-state index in [2.05, 4.69) is 4.90 Å². The van der Waals surface area contributed by atoms with Crippen LogP contribution in [0.2, 0.25) is 5.02 Å². The predicted molar refractivity (Wildman–Crippen MR) is 68.4 cm³/mol. The van der Waals surface area contributed by atoms with E-state index in [0.717, 1.165) is 31.6 Å². The van der Waals surface area contributed by atoms with Gasteiger partial charge in [-0.3, -0.25) is 4.90 Å². The Bertz CT molecular complexity index is 378. The Morgan fingerprint density at radius 1 is 1.53 bits per heavy atom. The van der Waals surface area contributed by atoms with Crippen molar-refractivity contribution >= 4 is 11.6 Å². The fraction of sp³-hybridized carbons (Fsp3) is 0.538. The Balaban J connectivity index is 1.92. The van der Waals surface area contributed by atoms with E-state index in [1.54, 1.807) is 12.1 Å². The van der Waals surface area contributed by atoms with E-state index in [4.69, 9.17) is 16.3 Å². The molecule has 1 aliphatic heterocycles. The second kappa shape index (κ2) is 5.71. The van der Waals surface area contributed by atoms with Gasteiger partial charge in [-0.05, 0) is 38.1 Å². The molecule has 1 fully saturated rings. The molecular weight excluding hydrogens is 238 g/mol. The summed E-state index contributed by atoms with van der Waals surface area (Å²) < 4.78 is 5.59. The summed E-state index contributed by atoms with van der Waals surface area (Å²) in [5.41, 5.74) is 0.859. The molecule has 0 aliphatic carbocycles. The molecule has 94 valence electrons. The first-order valence-electron chi connectivity index (χ1n) is 5.92. The van der Waals surface area contributed by atoms with Gasteiger partial charge in [-0.1, -0.05) is 11.6 Å². The van der Waals surface area contributed by atoms with Crippen LogP contribution in [0.5, 0.6) is 5.75 Å². The van der Waals surface area contributed by atoms with Gasteiger partial charge in [0.15, 0.2) is 0 Å². The Kier molecular flexibility index (Phi) is 4.26. The molecule has 0 bridgehead atoms. The molecule has 1 saturated heterocycles. The molecule has 3 nitrogen and oxygen atoms in total. The minimum atomic E-state index is 0.300. The van der Waals surface area contributed by atoms with E-state index in [1.165, 1.54) is 0 Å². The minimum absolute atomic E-state index is 0.300. The molecular formula is C13H18ClNO2. The van der Waals surface area contributed by atoms with Gasteiger partial charge in [-0.15, -0.1) is 0 Å². The van der Waals surface area contributed by atoms with Crippen LogP contribution in [-0.2, 0) is 11.3 Å². The topological polar surface area (TPSA) is 32.7 Å². The van der Waals surface area contributed by atoms with Gasteiger partial charge in [-0.25, -0.2) is 0 Å². The molecule has 2 rings (SSSR count). The molecule has 0 amide bonds. The number of nitrogens with zero attached hydrogens (tertiary/aromatic N) is 1. The first-order chi connectivity index (χ1) is 8.15. The SMILES string of the molecule is CN(Cc1cc(Cl)ccc1O)CC1CCCO1. The fourth-order valence-corrected chi connectivity index (χ4v) is 2.37. The number of ether oxygens (including phenoxy) is 1. The van der Waals surface area contributed by atoms with Crippen molar-refractivity contribution in [3.63, 3.8) is 0 Å². The Morgan fingerprint density at radius 2 is 2.35 bits per heavy atom. The fourth-order valence-electron chi connectivity index (χ4n) is 2.17. The number of halogens is 1. The zero-order valence-corrected chi connectivity index (χ0v) is 10.8. The van der Waals surface area contributed by atoms with E-state index in [1.807, 2.05) is 13.1 Å². The third-order valence-electron chi connectivity index (χ3n) is 3.02. The maximum absolute atomic E-state index is 9.73. The zero-order valence-electron chi connectivity index (χ0n) is 10.0. The van der Waals surface area contributed by atoms with Crippen LogP contribution in [0, 0.1) is 0 Å². The van der Waals surface area contributed by atoms with Gasteiger partial charge in [0, 0.05) is 30.3 Å². The minimum Gasteiger partial charge on any atom is -0.508 e. The van der Waals surface area contributed by atoms with Crippen LogP contribution in [0.1, 0.15) is 18.4 Å². The summed E-state index contributed by atoms with van der Waals surface area (Å²) in [5, 5.41) is 10.4. The van der Waals surface area contributed by atoms with Gasteiger partial charge in [-0.2, -0.15) is 0 Å². The Labute approximate surface area is 107 Å². The van der Waals surface area contributed by atoms with E-state index in [0.29, 0.717) is 23.4 Å². The lowest BCUT2D eigenvalue weighted by Gasteiger charge is -2.21.